The number of anilines is 6. The van der Waals surface area contributed by atoms with Crippen LogP contribution in [-0.2, 0) is 14.8 Å². The Kier molecular flexibility index (Phi) is 9.21. The van der Waals surface area contributed by atoms with Crippen LogP contribution in [0.25, 0.3) is 11.0 Å². The lowest BCUT2D eigenvalue weighted by atomic mass is 10.0. The van der Waals surface area contributed by atoms with E-state index in [9.17, 15) is 8.42 Å². The van der Waals surface area contributed by atoms with Crippen molar-refractivity contribution in [1.29, 1.82) is 0 Å². The Morgan fingerprint density at radius 1 is 1.00 bits per heavy atom. The van der Waals surface area contributed by atoms with E-state index >= 15 is 0 Å². The van der Waals surface area contributed by atoms with Crippen molar-refractivity contribution in [1.82, 2.24) is 24.8 Å². The number of benzene rings is 2. The molecule has 2 aliphatic heterocycles. The molecule has 2 saturated heterocycles. The number of methoxy groups -OCH3 is 1. The first-order valence-electron chi connectivity index (χ1n) is 14.7. The molecule has 0 aliphatic carbocycles. The molecule has 0 spiro atoms. The zero-order valence-corrected chi connectivity index (χ0v) is 27.8. The van der Waals surface area contributed by atoms with Crippen LogP contribution in [0.5, 0.6) is 5.75 Å². The number of fused-ring (bicyclic) bond motifs is 1. The maximum absolute atomic E-state index is 12.2. The Labute approximate surface area is 270 Å². The first kappa shape index (κ1) is 31.2. The van der Waals surface area contributed by atoms with Gasteiger partial charge >= 0.3 is 0 Å². The predicted octanol–water partition coefficient (Wildman–Crippen LogP) is 4.66. The maximum atomic E-state index is 12.2. The zero-order chi connectivity index (χ0) is 31.6. The van der Waals surface area contributed by atoms with E-state index in [0.717, 1.165) is 75.4 Å². The van der Waals surface area contributed by atoms with E-state index in [1.807, 2.05) is 0 Å². The van der Waals surface area contributed by atoms with Crippen LogP contribution in [0.3, 0.4) is 0 Å². The molecule has 0 atom stereocenters. The third-order valence-electron chi connectivity index (χ3n) is 8.06. The van der Waals surface area contributed by atoms with Crippen LogP contribution in [0.4, 0.5) is 34.5 Å². The molecular formula is C30H36BrN9O4S. The largest absolute Gasteiger partial charge is 0.494 e. The molecule has 0 amide bonds. The number of nitrogens with zero attached hydrogens (tertiary/aromatic N) is 6. The number of hydrogen-bond donors (Lipinski definition) is 3. The van der Waals surface area contributed by atoms with E-state index in [-0.39, 0.29) is 5.69 Å². The van der Waals surface area contributed by atoms with Crippen LogP contribution in [-0.4, -0.2) is 92.1 Å². The summed E-state index contributed by atoms with van der Waals surface area (Å²) in [5, 5.41) is 6.52. The van der Waals surface area contributed by atoms with Gasteiger partial charge in [-0.15, -0.1) is 0 Å². The van der Waals surface area contributed by atoms with Gasteiger partial charge in [-0.3, -0.25) is 19.6 Å². The molecule has 0 saturated carbocycles. The van der Waals surface area contributed by atoms with E-state index in [1.165, 1.54) is 6.20 Å². The summed E-state index contributed by atoms with van der Waals surface area (Å²) in [6.07, 6.45) is 8.01. The summed E-state index contributed by atoms with van der Waals surface area (Å²) in [4.78, 5) is 22.8. The number of nitrogens with one attached hydrogen (secondary N) is 3. The monoisotopic (exact) mass is 697 g/mol. The number of ether oxygens (including phenoxy) is 2. The summed E-state index contributed by atoms with van der Waals surface area (Å²) in [5.41, 5.74) is 4.68. The number of halogens is 1. The highest BCUT2D eigenvalue weighted by Crippen LogP contribution is 2.37. The summed E-state index contributed by atoms with van der Waals surface area (Å²) < 4.78 is 38.9. The molecule has 6 rings (SSSR count). The molecule has 238 valence electrons. The van der Waals surface area contributed by atoms with Gasteiger partial charge in [-0.25, -0.2) is 13.4 Å². The standard InChI is InChI=1S/C30H36BrN9O4S/c1-19-16-24(26(43-2)17-25(19)40-10-6-20(7-11-40)39-12-14-44-15-13-39)36-30-34-18-21(31)29(37-30)35-23-5-4-22-27(33-9-8-32-22)28(23)38-45(3,41)42/h4-5,8-9,16-18,20,38H,6-7,10-15H2,1-3H3,(H2,34,35,36,37). The Morgan fingerprint density at radius 2 is 1.76 bits per heavy atom. The minimum atomic E-state index is -3.61. The van der Waals surface area contributed by atoms with Crippen molar-refractivity contribution in [3.63, 3.8) is 0 Å². The average molecular weight is 699 g/mol. The van der Waals surface area contributed by atoms with E-state index in [0.29, 0.717) is 44.8 Å². The van der Waals surface area contributed by atoms with Crippen molar-refractivity contribution < 1.29 is 17.9 Å². The van der Waals surface area contributed by atoms with Gasteiger partial charge in [0.15, 0.2) is 0 Å². The molecular weight excluding hydrogens is 662 g/mol. The lowest BCUT2D eigenvalue weighted by Gasteiger charge is -2.41. The average Bonchev–Trinajstić information content (AvgIpc) is 3.04. The van der Waals surface area contributed by atoms with Crippen molar-refractivity contribution in [2.75, 3.05) is 73.0 Å². The second-order valence-corrected chi connectivity index (χ2v) is 13.7. The van der Waals surface area contributed by atoms with E-state index < -0.39 is 10.0 Å². The van der Waals surface area contributed by atoms with Gasteiger partial charge in [0, 0.05) is 62.6 Å². The van der Waals surface area contributed by atoms with Gasteiger partial charge in [0.25, 0.3) is 0 Å². The van der Waals surface area contributed by atoms with E-state index in [2.05, 4.69) is 80.1 Å². The summed E-state index contributed by atoms with van der Waals surface area (Å²) in [6.45, 7) is 7.75. The van der Waals surface area contributed by atoms with Gasteiger partial charge in [-0.05, 0) is 59.5 Å². The van der Waals surface area contributed by atoms with Gasteiger partial charge in [-0.1, -0.05) is 0 Å². The first-order chi connectivity index (χ1) is 21.7. The third kappa shape index (κ3) is 7.21. The van der Waals surface area contributed by atoms with Gasteiger partial charge in [-0.2, -0.15) is 4.98 Å². The van der Waals surface area contributed by atoms with Crippen LogP contribution in [0.2, 0.25) is 0 Å². The second-order valence-electron chi connectivity index (χ2n) is 11.1. The number of aromatic nitrogens is 4. The van der Waals surface area contributed by atoms with Crippen molar-refractivity contribution in [2.24, 2.45) is 0 Å². The number of sulfonamides is 1. The lowest BCUT2D eigenvalue weighted by molar-refractivity contribution is 0.0115. The van der Waals surface area contributed by atoms with Crippen LogP contribution in [0.15, 0.2) is 47.3 Å². The van der Waals surface area contributed by atoms with Crippen molar-refractivity contribution in [2.45, 2.75) is 25.8 Å². The molecule has 13 nitrogen and oxygen atoms in total. The van der Waals surface area contributed by atoms with Crippen LogP contribution in [0.1, 0.15) is 18.4 Å². The topological polar surface area (TPSA) is 147 Å². The fourth-order valence-corrected chi connectivity index (χ4v) is 6.76. The Hall–Kier alpha value is -3.79. The normalized spacial score (nSPS) is 16.5. The molecule has 2 fully saturated rings. The summed E-state index contributed by atoms with van der Waals surface area (Å²) in [6, 6.07) is 8.21. The van der Waals surface area contributed by atoms with Gasteiger partial charge in [0.2, 0.25) is 16.0 Å². The molecule has 2 aromatic carbocycles. The molecule has 15 heteroatoms. The molecule has 3 N–H and O–H groups in total. The second kappa shape index (κ2) is 13.3. The van der Waals surface area contributed by atoms with E-state index in [4.69, 9.17) is 9.47 Å². The Balaban J connectivity index is 1.22. The SMILES string of the molecule is COc1cc(N2CCC(N3CCOCC3)CC2)c(C)cc1Nc1ncc(Br)c(Nc2ccc3nccnc3c2NS(C)(=O)=O)n1. The van der Waals surface area contributed by atoms with Gasteiger partial charge in [0.05, 0.1) is 53.6 Å². The van der Waals surface area contributed by atoms with Crippen LogP contribution >= 0.6 is 15.9 Å². The molecule has 4 aromatic rings. The van der Waals surface area contributed by atoms with E-state index in [1.54, 1.807) is 31.6 Å². The highest BCUT2D eigenvalue weighted by atomic mass is 79.9. The number of hydrogen-bond acceptors (Lipinski definition) is 12. The number of piperidine rings is 1. The first-order valence-corrected chi connectivity index (χ1v) is 17.4. The number of aryl methyl sites for hydroxylation is 1. The third-order valence-corrected chi connectivity index (χ3v) is 9.21. The Morgan fingerprint density at radius 3 is 2.49 bits per heavy atom. The summed E-state index contributed by atoms with van der Waals surface area (Å²) in [7, 11) is -1.96. The highest BCUT2D eigenvalue weighted by Gasteiger charge is 2.27. The van der Waals surface area contributed by atoms with Crippen LogP contribution < -0.4 is 25.0 Å². The van der Waals surface area contributed by atoms with Gasteiger partial charge in [0.1, 0.15) is 17.1 Å². The van der Waals surface area contributed by atoms with Crippen molar-refractivity contribution in [3.05, 3.63) is 52.9 Å². The summed E-state index contributed by atoms with van der Waals surface area (Å²) in [5.74, 6) is 1.43. The van der Waals surface area contributed by atoms with Crippen LogP contribution in [0, 0.1) is 6.92 Å². The zero-order valence-electron chi connectivity index (χ0n) is 25.4. The molecule has 2 aliphatic rings. The smallest absolute Gasteiger partial charge is 0.229 e. The highest BCUT2D eigenvalue weighted by molar-refractivity contribution is 9.10. The minimum Gasteiger partial charge on any atom is -0.494 e. The molecule has 2 aromatic heterocycles. The number of rotatable bonds is 9. The fourth-order valence-electron chi connectivity index (χ4n) is 5.89. The quantitative estimate of drug-likeness (QED) is 0.224. The van der Waals surface area contributed by atoms with Crippen molar-refractivity contribution in [3.8, 4) is 5.75 Å². The van der Waals surface area contributed by atoms with Gasteiger partial charge < -0.3 is 25.0 Å². The Bertz CT molecular complexity index is 1800. The summed E-state index contributed by atoms with van der Waals surface area (Å²) >= 11 is 3.51. The lowest BCUT2D eigenvalue weighted by Crippen LogP contribution is -2.49. The molecule has 45 heavy (non-hydrogen) atoms. The molecule has 0 unspecified atom stereocenters. The van der Waals surface area contributed by atoms with Crippen molar-refractivity contribution >= 4 is 71.5 Å². The molecule has 0 bridgehead atoms. The number of morpholine rings is 1. The maximum Gasteiger partial charge on any atom is 0.229 e. The minimum absolute atomic E-state index is 0.269. The predicted molar refractivity (Wildman–Crippen MR) is 180 cm³/mol. The fraction of sp³-hybridized carbons (Fsp3) is 0.400. The molecule has 0 radical (unpaired) electrons. The molecule has 4 heterocycles.